The summed E-state index contributed by atoms with van der Waals surface area (Å²) in [5.74, 6) is 0. The minimum atomic E-state index is -2.80. The summed E-state index contributed by atoms with van der Waals surface area (Å²) in [7, 11) is -2.80. The van der Waals surface area contributed by atoms with Crippen molar-refractivity contribution in [3.63, 3.8) is 0 Å². The van der Waals surface area contributed by atoms with E-state index in [0.717, 1.165) is 0 Å². The largest absolute Gasteiger partial charge is 0.249 e. The molecule has 0 rings (SSSR count). The Bertz CT molecular complexity index is 137. The minimum absolute atomic E-state index is 1.27. The molecule has 0 radical (unpaired) electrons. The van der Waals surface area contributed by atoms with Crippen molar-refractivity contribution in [1.82, 2.24) is 0 Å². The van der Waals surface area contributed by atoms with Gasteiger partial charge >= 0.3 is 0 Å². The van der Waals surface area contributed by atoms with Crippen LogP contribution in [0.4, 0.5) is 13.2 Å². The molecule has 80 valence electrons. The highest BCUT2D eigenvalue weighted by atomic mass is 28.3. The normalized spacial score (nSPS) is 15.2. The van der Waals surface area contributed by atoms with Gasteiger partial charge in [0.25, 0.3) is 0 Å². The standard InChI is InChI=1S/C9H19F3Si/c1-7(2,10)13(8(3,4)11)9(5,6)12/h13H,1-6H3. The summed E-state index contributed by atoms with van der Waals surface area (Å²) in [5.41, 5.74) is 0. The average molecular weight is 212 g/mol. The van der Waals surface area contributed by atoms with E-state index >= 15 is 0 Å². The van der Waals surface area contributed by atoms with Gasteiger partial charge in [-0.3, -0.25) is 0 Å². The summed E-state index contributed by atoms with van der Waals surface area (Å²) >= 11 is 0. The molecule has 0 aromatic heterocycles. The van der Waals surface area contributed by atoms with Crippen LogP contribution in [0.25, 0.3) is 0 Å². The molecule has 0 N–H and O–H groups in total. The Hall–Kier alpha value is 0.00688. The highest BCUT2D eigenvalue weighted by Gasteiger charge is 2.53. The van der Waals surface area contributed by atoms with Gasteiger partial charge in [-0.1, -0.05) is 0 Å². The third kappa shape index (κ3) is 3.71. The van der Waals surface area contributed by atoms with Crippen molar-refractivity contribution in [1.29, 1.82) is 0 Å². The molecule has 0 aliphatic rings. The van der Waals surface area contributed by atoms with Crippen molar-refractivity contribution < 1.29 is 13.2 Å². The summed E-state index contributed by atoms with van der Waals surface area (Å²) in [6, 6.07) is 0. The van der Waals surface area contributed by atoms with Crippen LogP contribution in [-0.4, -0.2) is 24.7 Å². The summed E-state index contributed by atoms with van der Waals surface area (Å²) in [5, 5.41) is -5.18. The van der Waals surface area contributed by atoms with Gasteiger partial charge in [0.15, 0.2) is 8.80 Å². The summed E-state index contributed by atoms with van der Waals surface area (Å²) in [4.78, 5) is 0. The first kappa shape index (κ1) is 13.0. The second kappa shape index (κ2) is 3.30. The molecule has 0 saturated heterocycles. The lowest BCUT2D eigenvalue weighted by atomic mass is 10.4. The van der Waals surface area contributed by atoms with Crippen LogP contribution in [0.2, 0.25) is 0 Å². The maximum absolute atomic E-state index is 13.6. The predicted octanol–water partition coefficient (Wildman–Crippen LogP) is 3.08. The number of alkyl halides is 3. The van der Waals surface area contributed by atoms with Crippen molar-refractivity contribution in [3.8, 4) is 0 Å². The molecule has 0 fully saturated rings. The SMILES string of the molecule is CC(C)(F)[SiH](C(C)(C)F)C(C)(C)F. The number of hydrogen-bond donors (Lipinski definition) is 0. The molecule has 4 heteroatoms. The zero-order chi connectivity index (χ0) is 11.1. The van der Waals surface area contributed by atoms with Crippen molar-refractivity contribution in [2.45, 2.75) is 57.4 Å². The van der Waals surface area contributed by atoms with Gasteiger partial charge in [0, 0.05) is 0 Å². The van der Waals surface area contributed by atoms with E-state index in [1.807, 2.05) is 0 Å². The third-order valence-electron chi connectivity index (χ3n) is 2.06. The van der Waals surface area contributed by atoms with Gasteiger partial charge in [-0.15, -0.1) is 0 Å². The highest BCUT2D eigenvalue weighted by Crippen LogP contribution is 2.34. The van der Waals surface area contributed by atoms with Crippen LogP contribution in [-0.2, 0) is 0 Å². The number of rotatable bonds is 3. The Morgan fingerprint density at radius 3 is 0.769 bits per heavy atom. The van der Waals surface area contributed by atoms with Crippen LogP contribution in [0.3, 0.4) is 0 Å². The second-order valence-corrected chi connectivity index (χ2v) is 10.1. The van der Waals surface area contributed by atoms with Crippen molar-refractivity contribution >= 4 is 8.80 Å². The zero-order valence-corrected chi connectivity index (χ0v) is 10.4. The first-order valence-electron chi connectivity index (χ1n) is 4.43. The van der Waals surface area contributed by atoms with Crippen molar-refractivity contribution in [2.24, 2.45) is 0 Å². The van der Waals surface area contributed by atoms with Gasteiger partial charge in [0.2, 0.25) is 0 Å². The molecule has 0 saturated carbocycles. The molecule has 0 aromatic rings. The molecule has 0 aliphatic heterocycles. The van der Waals surface area contributed by atoms with Crippen LogP contribution in [0.5, 0.6) is 0 Å². The third-order valence-corrected chi connectivity index (χ3v) is 6.18. The monoisotopic (exact) mass is 212 g/mol. The lowest BCUT2D eigenvalue weighted by Crippen LogP contribution is -2.61. The molecule has 0 atom stereocenters. The molecular formula is C9H19F3Si. The van der Waals surface area contributed by atoms with E-state index in [1.165, 1.54) is 41.5 Å². The van der Waals surface area contributed by atoms with Crippen LogP contribution in [0, 0.1) is 0 Å². The molecule has 0 aromatic carbocycles. The zero-order valence-electron chi connectivity index (χ0n) is 9.21. The maximum Gasteiger partial charge on any atom is 0.166 e. The summed E-state index contributed by atoms with van der Waals surface area (Å²) < 4.78 is 40.9. The van der Waals surface area contributed by atoms with Gasteiger partial charge < -0.3 is 0 Å². The second-order valence-electron chi connectivity index (χ2n) is 5.13. The van der Waals surface area contributed by atoms with Crippen LogP contribution in [0.1, 0.15) is 41.5 Å². The maximum atomic E-state index is 13.6. The summed E-state index contributed by atoms with van der Waals surface area (Å²) in [6.07, 6.45) is 0. The van der Waals surface area contributed by atoms with Gasteiger partial charge in [-0.05, 0) is 41.5 Å². The Labute approximate surface area is 80.1 Å². The molecular weight excluding hydrogens is 193 g/mol. The first-order chi connectivity index (χ1) is 5.37. The predicted molar refractivity (Wildman–Crippen MR) is 52.7 cm³/mol. The summed E-state index contributed by atoms with van der Waals surface area (Å²) in [6.45, 7) is 7.62. The van der Waals surface area contributed by atoms with Gasteiger partial charge in [-0.2, -0.15) is 0 Å². The van der Waals surface area contributed by atoms with E-state index in [9.17, 15) is 13.2 Å². The molecule has 0 heterocycles. The molecule has 13 heavy (non-hydrogen) atoms. The molecule has 0 nitrogen and oxygen atoms in total. The van der Waals surface area contributed by atoms with Crippen LogP contribution < -0.4 is 0 Å². The highest BCUT2D eigenvalue weighted by molar-refractivity contribution is 6.67. The van der Waals surface area contributed by atoms with E-state index < -0.39 is 24.7 Å². The van der Waals surface area contributed by atoms with Crippen molar-refractivity contribution in [2.75, 3.05) is 0 Å². The lowest BCUT2D eigenvalue weighted by molar-refractivity contribution is 0.210. The van der Waals surface area contributed by atoms with Gasteiger partial charge in [0.1, 0.15) is 0 Å². The molecule has 0 spiro atoms. The van der Waals surface area contributed by atoms with Gasteiger partial charge in [-0.25, -0.2) is 13.2 Å². The average Bonchev–Trinajstić information content (AvgIpc) is 1.44. The molecule has 0 bridgehead atoms. The van der Waals surface area contributed by atoms with Crippen LogP contribution >= 0.6 is 0 Å². The molecule has 0 aliphatic carbocycles. The Morgan fingerprint density at radius 2 is 0.769 bits per heavy atom. The van der Waals surface area contributed by atoms with E-state index in [-0.39, 0.29) is 0 Å². The van der Waals surface area contributed by atoms with E-state index in [2.05, 4.69) is 0 Å². The minimum Gasteiger partial charge on any atom is -0.249 e. The number of halogens is 3. The van der Waals surface area contributed by atoms with E-state index in [4.69, 9.17) is 0 Å². The van der Waals surface area contributed by atoms with Gasteiger partial charge in [0.05, 0.1) is 15.9 Å². The fraction of sp³-hybridized carbons (Fsp3) is 1.00. The quantitative estimate of drug-likeness (QED) is 0.631. The lowest BCUT2D eigenvalue weighted by Gasteiger charge is -2.39. The number of hydrogen-bond acceptors (Lipinski definition) is 0. The Morgan fingerprint density at radius 1 is 0.615 bits per heavy atom. The molecule has 0 amide bonds. The topological polar surface area (TPSA) is 0 Å². The van der Waals surface area contributed by atoms with E-state index in [1.54, 1.807) is 0 Å². The fourth-order valence-electron chi connectivity index (χ4n) is 2.45. The van der Waals surface area contributed by atoms with Crippen molar-refractivity contribution in [3.05, 3.63) is 0 Å². The first-order valence-corrected chi connectivity index (χ1v) is 6.17. The Balaban J connectivity index is 5.02. The molecule has 0 unspecified atom stereocenters. The van der Waals surface area contributed by atoms with E-state index in [0.29, 0.717) is 0 Å². The Kier molecular flexibility index (Phi) is 3.30. The fourth-order valence-corrected chi connectivity index (χ4v) is 7.35. The smallest absolute Gasteiger partial charge is 0.166 e. The van der Waals surface area contributed by atoms with Crippen LogP contribution in [0.15, 0.2) is 0 Å².